The predicted molar refractivity (Wildman–Crippen MR) is 68.1 cm³/mol. The van der Waals surface area contributed by atoms with Crippen LogP contribution in [0.4, 0.5) is 0 Å². The fourth-order valence-electron chi connectivity index (χ4n) is 3.69. The predicted octanol–water partition coefficient (Wildman–Crippen LogP) is 3.49. The van der Waals surface area contributed by atoms with Gasteiger partial charge in [0.05, 0.1) is 13.2 Å². The van der Waals surface area contributed by atoms with Gasteiger partial charge in [-0.1, -0.05) is 12.2 Å². The highest BCUT2D eigenvalue weighted by atomic mass is 35.5. The highest BCUT2D eigenvalue weighted by Crippen LogP contribution is 2.55. The number of fused-ring (bicyclic) bond motifs is 1. The van der Waals surface area contributed by atoms with E-state index < -0.39 is 0 Å². The molecule has 1 aliphatic heterocycles. The summed E-state index contributed by atoms with van der Waals surface area (Å²) in [5.41, 5.74) is 0.242. The molecule has 3 rings (SSSR count). The molecule has 3 heteroatoms. The standard InChI is InChI=1S/C14H21ClO2/c15-12-5-4-11-3-1-7-14(11,12)8-6-13-16-9-2-10-17-13/h1,7,11-13H,2-6,8-10H2/t11-,12-,14-/m0/s1. The van der Waals surface area contributed by atoms with Crippen LogP contribution in [-0.4, -0.2) is 24.9 Å². The second-order valence-corrected chi connectivity index (χ2v) is 6.08. The van der Waals surface area contributed by atoms with Crippen LogP contribution < -0.4 is 0 Å². The van der Waals surface area contributed by atoms with Crippen LogP contribution in [0.1, 0.15) is 38.5 Å². The number of hydrogen-bond acceptors (Lipinski definition) is 2. The monoisotopic (exact) mass is 256 g/mol. The highest BCUT2D eigenvalue weighted by molar-refractivity contribution is 6.21. The normalized spacial score (nSPS) is 41.9. The van der Waals surface area contributed by atoms with Gasteiger partial charge in [-0.25, -0.2) is 0 Å². The zero-order valence-corrected chi connectivity index (χ0v) is 11.0. The van der Waals surface area contributed by atoms with Crippen molar-refractivity contribution in [3.8, 4) is 0 Å². The molecule has 0 aromatic heterocycles. The molecule has 0 radical (unpaired) electrons. The Bertz CT molecular complexity index is 299. The lowest BCUT2D eigenvalue weighted by molar-refractivity contribution is -0.183. The van der Waals surface area contributed by atoms with E-state index in [9.17, 15) is 0 Å². The minimum Gasteiger partial charge on any atom is -0.353 e. The lowest BCUT2D eigenvalue weighted by Crippen LogP contribution is -2.32. The molecule has 17 heavy (non-hydrogen) atoms. The van der Waals surface area contributed by atoms with Crippen LogP contribution in [0.3, 0.4) is 0 Å². The van der Waals surface area contributed by atoms with Gasteiger partial charge >= 0.3 is 0 Å². The first-order chi connectivity index (χ1) is 8.31. The van der Waals surface area contributed by atoms with Gasteiger partial charge in [0.25, 0.3) is 0 Å². The van der Waals surface area contributed by atoms with E-state index in [0.717, 1.165) is 38.4 Å². The summed E-state index contributed by atoms with van der Waals surface area (Å²) in [6.45, 7) is 1.70. The van der Waals surface area contributed by atoms with E-state index >= 15 is 0 Å². The van der Waals surface area contributed by atoms with Gasteiger partial charge in [-0.05, 0) is 44.4 Å². The zero-order valence-electron chi connectivity index (χ0n) is 10.2. The van der Waals surface area contributed by atoms with E-state index in [4.69, 9.17) is 21.1 Å². The van der Waals surface area contributed by atoms with Crippen molar-refractivity contribution < 1.29 is 9.47 Å². The maximum atomic E-state index is 6.55. The molecule has 0 amide bonds. The Hall–Kier alpha value is -0.0500. The first-order valence-electron chi connectivity index (χ1n) is 6.86. The summed E-state index contributed by atoms with van der Waals surface area (Å²) < 4.78 is 11.3. The van der Waals surface area contributed by atoms with Crippen molar-refractivity contribution >= 4 is 11.6 Å². The lowest BCUT2D eigenvalue weighted by atomic mass is 9.76. The van der Waals surface area contributed by atoms with E-state index in [1.54, 1.807) is 0 Å². The van der Waals surface area contributed by atoms with Gasteiger partial charge in [0.15, 0.2) is 6.29 Å². The summed E-state index contributed by atoms with van der Waals surface area (Å²) in [6, 6.07) is 0. The highest BCUT2D eigenvalue weighted by Gasteiger charge is 2.49. The van der Waals surface area contributed by atoms with Gasteiger partial charge < -0.3 is 9.47 Å². The van der Waals surface area contributed by atoms with Crippen molar-refractivity contribution in [1.29, 1.82) is 0 Å². The molecule has 2 aliphatic carbocycles. The van der Waals surface area contributed by atoms with Crippen molar-refractivity contribution in [3.63, 3.8) is 0 Å². The quantitative estimate of drug-likeness (QED) is 0.568. The smallest absolute Gasteiger partial charge is 0.157 e. The number of alkyl halides is 1. The summed E-state index contributed by atoms with van der Waals surface area (Å²) in [5.74, 6) is 0.772. The van der Waals surface area contributed by atoms with E-state index in [2.05, 4.69) is 12.2 Å². The Balaban J connectivity index is 1.61. The molecule has 0 bridgehead atoms. The Morgan fingerprint density at radius 3 is 2.88 bits per heavy atom. The molecular weight excluding hydrogens is 236 g/mol. The van der Waals surface area contributed by atoms with Gasteiger partial charge in [-0.15, -0.1) is 11.6 Å². The zero-order chi connectivity index (χ0) is 11.7. The average Bonchev–Trinajstić information content (AvgIpc) is 2.90. The third-order valence-corrected chi connectivity index (χ3v) is 5.29. The minimum absolute atomic E-state index is 0.0113. The van der Waals surface area contributed by atoms with E-state index in [1.807, 2.05) is 0 Å². The molecule has 3 aliphatic rings. The maximum Gasteiger partial charge on any atom is 0.157 e. The first-order valence-corrected chi connectivity index (χ1v) is 7.30. The molecule has 1 saturated carbocycles. The molecular formula is C14H21ClO2. The third kappa shape index (κ3) is 2.16. The molecule has 2 nitrogen and oxygen atoms in total. The van der Waals surface area contributed by atoms with E-state index in [-0.39, 0.29) is 11.7 Å². The largest absolute Gasteiger partial charge is 0.353 e. The molecule has 3 atom stereocenters. The summed E-state index contributed by atoms with van der Waals surface area (Å²) in [4.78, 5) is 0. The number of hydrogen-bond donors (Lipinski definition) is 0. The lowest BCUT2D eigenvalue weighted by Gasteiger charge is -2.33. The minimum atomic E-state index is 0.0113. The fraction of sp³-hybridized carbons (Fsp3) is 0.857. The molecule has 0 N–H and O–H groups in total. The Labute approximate surface area is 108 Å². The van der Waals surface area contributed by atoms with Crippen LogP contribution in [0.15, 0.2) is 12.2 Å². The summed E-state index contributed by atoms with van der Waals surface area (Å²) in [7, 11) is 0. The van der Waals surface area contributed by atoms with Crippen LogP contribution in [0.2, 0.25) is 0 Å². The second-order valence-electron chi connectivity index (χ2n) is 5.56. The molecule has 0 aromatic rings. The summed E-state index contributed by atoms with van der Waals surface area (Å²) in [5, 5.41) is 0.315. The van der Waals surface area contributed by atoms with Gasteiger partial charge in [-0.2, -0.15) is 0 Å². The van der Waals surface area contributed by atoms with Crippen molar-refractivity contribution in [2.24, 2.45) is 11.3 Å². The SMILES string of the molecule is Cl[C@H]1CC[C@@H]2CC=C[C@]21CCC1OCCCO1. The third-order valence-electron chi connectivity index (χ3n) is 4.67. The fourth-order valence-corrected chi connectivity index (χ4v) is 4.17. The van der Waals surface area contributed by atoms with Gasteiger partial charge in [0, 0.05) is 10.8 Å². The van der Waals surface area contributed by atoms with Gasteiger partial charge in [0.2, 0.25) is 0 Å². The van der Waals surface area contributed by atoms with Gasteiger partial charge in [0.1, 0.15) is 0 Å². The number of ether oxygens (including phenoxy) is 2. The molecule has 96 valence electrons. The van der Waals surface area contributed by atoms with Crippen LogP contribution in [-0.2, 0) is 9.47 Å². The maximum absolute atomic E-state index is 6.55. The molecule has 1 saturated heterocycles. The summed E-state index contributed by atoms with van der Waals surface area (Å²) >= 11 is 6.55. The summed E-state index contributed by atoms with van der Waals surface area (Å²) in [6.07, 6.45) is 11.5. The Morgan fingerprint density at radius 1 is 1.24 bits per heavy atom. The number of rotatable bonds is 3. The molecule has 0 unspecified atom stereocenters. The molecule has 0 aromatic carbocycles. The Morgan fingerprint density at radius 2 is 2.06 bits per heavy atom. The van der Waals surface area contributed by atoms with Gasteiger partial charge in [-0.3, -0.25) is 0 Å². The van der Waals surface area contributed by atoms with Crippen LogP contribution in [0, 0.1) is 11.3 Å². The van der Waals surface area contributed by atoms with Crippen LogP contribution in [0.25, 0.3) is 0 Å². The first kappa shape index (κ1) is 12.0. The van der Waals surface area contributed by atoms with E-state index in [0.29, 0.717) is 5.38 Å². The number of halogens is 1. The van der Waals surface area contributed by atoms with Crippen molar-refractivity contribution in [1.82, 2.24) is 0 Å². The number of allylic oxidation sites excluding steroid dienone is 2. The van der Waals surface area contributed by atoms with Crippen molar-refractivity contribution in [2.75, 3.05) is 13.2 Å². The topological polar surface area (TPSA) is 18.5 Å². The average molecular weight is 257 g/mol. The van der Waals surface area contributed by atoms with Crippen LogP contribution in [0.5, 0.6) is 0 Å². The second kappa shape index (κ2) is 4.91. The van der Waals surface area contributed by atoms with Crippen LogP contribution >= 0.6 is 11.6 Å². The van der Waals surface area contributed by atoms with Crippen molar-refractivity contribution in [3.05, 3.63) is 12.2 Å². The Kier molecular flexibility index (Phi) is 3.47. The molecule has 1 heterocycles. The van der Waals surface area contributed by atoms with E-state index in [1.165, 1.54) is 19.3 Å². The molecule has 2 fully saturated rings. The molecule has 0 spiro atoms. The van der Waals surface area contributed by atoms with Crippen molar-refractivity contribution in [2.45, 2.75) is 50.2 Å².